The van der Waals surface area contributed by atoms with Gasteiger partial charge in [-0.2, -0.15) is 0 Å². The van der Waals surface area contributed by atoms with Crippen LogP contribution in [0.2, 0.25) is 0 Å². The minimum atomic E-state index is 0.479. The molecule has 4 heterocycles. The number of anilines is 1. The number of piperidine rings is 1. The summed E-state index contributed by atoms with van der Waals surface area (Å²) < 4.78 is 11.1. The summed E-state index contributed by atoms with van der Waals surface area (Å²) >= 11 is 0. The van der Waals surface area contributed by atoms with Gasteiger partial charge in [0.15, 0.2) is 0 Å². The number of hydrogen-bond donors (Lipinski definition) is 0. The van der Waals surface area contributed by atoms with Gasteiger partial charge in [0.05, 0.1) is 18.9 Å². The molecule has 0 unspecified atom stereocenters. The number of nitrogens with zero attached hydrogens (tertiary/aromatic N) is 6. The van der Waals surface area contributed by atoms with E-state index >= 15 is 0 Å². The van der Waals surface area contributed by atoms with Crippen molar-refractivity contribution in [3.8, 4) is 17.2 Å². The number of methoxy groups -OCH3 is 1. The Morgan fingerprint density at radius 3 is 2.54 bits per heavy atom. The third kappa shape index (κ3) is 3.66. The van der Waals surface area contributed by atoms with Gasteiger partial charge in [-0.1, -0.05) is 5.10 Å². The van der Waals surface area contributed by atoms with Crippen LogP contribution in [0, 0.1) is 0 Å². The van der Waals surface area contributed by atoms with Crippen LogP contribution in [0.4, 0.5) is 6.01 Å². The molecule has 0 saturated carbocycles. The van der Waals surface area contributed by atoms with Gasteiger partial charge in [0.1, 0.15) is 5.75 Å². The average Bonchev–Trinajstić information content (AvgIpc) is 3.19. The molecule has 2 aliphatic heterocycles. The van der Waals surface area contributed by atoms with Crippen molar-refractivity contribution < 1.29 is 9.15 Å². The van der Waals surface area contributed by atoms with Crippen LogP contribution < -0.4 is 9.64 Å². The number of pyridine rings is 1. The second-order valence-electron chi connectivity index (χ2n) is 7.06. The fourth-order valence-electron chi connectivity index (χ4n) is 3.72. The molecule has 2 aromatic rings. The van der Waals surface area contributed by atoms with E-state index in [2.05, 4.69) is 36.9 Å². The summed E-state index contributed by atoms with van der Waals surface area (Å²) in [6.45, 7) is 6.59. The molecule has 0 amide bonds. The highest BCUT2D eigenvalue weighted by Crippen LogP contribution is 2.27. The summed E-state index contributed by atoms with van der Waals surface area (Å²) in [6, 6.07) is 3.12. The number of rotatable bonds is 4. The van der Waals surface area contributed by atoms with E-state index in [1.54, 1.807) is 19.5 Å². The van der Waals surface area contributed by atoms with Gasteiger partial charge in [-0.3, -0.25) is 9.88 Å². The van der Waals surface area contributed by atoms with Crippen LogP contribution >= 0.6 is 0 Å². The van der Waals surface area contributed by atoms with Crippen molar-refractivity contribution in [1.29, 1.82) is 0 Å². The topological polar surface area (TPSA) is 70.8 Å². The largest absolute Gasteiger partial charge is 0.495 e. The first-order chi connectivity index (χ1) is 12.7. The maximum absolute atomic E-state index is 5.89. The number of hydrogen-bond acceptors (Lipinski definition) is 8. The lowest BCUT2D eigenvalue weighted by atomic mass is 10.0. The van der Waals surface area contributed by atoms with Gasteiger partial charge in [0.2, 0.25) is 0 Å². The second kappa shape index (κ2) is 7.59. The Labute approximate surface area is 153 Å². The van der Waals surface area contributed by atoms with Crippen molar-refractivity contribution in [3.05, 3.63) is 18.5 Å². The highest BCUT2D eigenvalue weighted by Gasteiger charge is 2.28. The summed E-state index contributed by atoms with van der Waals surface area (Å²) in [7, 11) is 3.81. The summed E-state index contributed by atoms with van der Waals surface area (Å²) in [5.41, 5.74) is 0.774. The number of likely N-dealkylation sites (N-methyl/N-ethyl adjacent to an activating group) is 1. The van der Waals surface area contributed by atoms with E-state index < -0.39 is 0 Å². The molecule has 2 saturated heterocycles. The van der Waals surface area contributed by atoms with Crippen molar-refractivity contribution in [2.45, 2.75) is 18.9 Å². The zero-order valence-electron chi connectivity index (χ0n) is 15.5. The Hall–Kier alpha value is -2.19. The van der Waals surface area contributed by atoms with Crippen LogP contribution in [0.25, 0.3) is 11.5 Å². The van der Waals surface area contributed by atoms with Gasteiger partial charge >= 0.3 is 6.01 Å². The van der Waals surface area contributed by atoms with Crippen LogP contribution in [0.15, 0.2) is 22.9 Å². The number of aromatic nitrogens is 3. The van der Waals surface area contributed by atoms with Crippen molar-refractivity contribution in [1.82, 2.24) is 25.0 Å². The lowest BCUT2D eigenvalue weighted by Crippen LogP contribution is -2.52. The Bertz CT molecular complexity index is 720. The van der Waals surface area contributed by atoms with Crippen molar-refractivity contribution in [3.63, 3.8) is 0 Å². The fraction of sp³-hybridized carbons (Fsp3) is 0.611. The first-order valence-electron chi connectivity index (χ1n) is 9.23. The minimum Gasteiger partial charge on any atom is -0.495 e. The third-order valence-electron chi connectivity index (χ3n) is 5.40. The minimum absolute atomic E-state index is 0.479. The van der Waals surface area contributed by atoms with E-state index in [-0.39, 0.29) is 0 Å². The predicted octanol–water partition coefficient (Wildman–Crippen LogP) is 1.36. The molecular formula is C18H26N6O2. The standard InChI is InChI=1S/C18H26N6O2/c1-22-7-9-23(10-8-22)15-3-5-24(6-4-15)18-21-20-17(26-18)14-11-16(25-2)13-19-12-14/h11-13,15H,3-10H2,1-2H3. The Morgan fingerprint density at radius 2 is 1.81 bits per heavy atom. The molecule has 0 N–H and O–H groups in total. The lowest BCUT2D eigenvalue weighted by Gasteiger charge is -2.41. The Morgan fingerprint density at radius 1 is 1.04 bits per heavy atom. The van der Waals surface area contributed by atoms with Gasteiger partial charge < -0.3 is 19.0 Å². The van der Waals surface area contributed by atoms with Gasteiger partial charge in [-0.05, 0) is 26.0 Å². The van der Waals surface area contributed by atoms with Gasteiger partial charge in [-0.15, -0.1) is 5.10 Å². The van der Waals surface area contributed by atoms with E-state index in [1.807, 2.05) is 6.07 Å². The van der Waals surface area contributed by atoms with E-state index in [0.717, 1.165) is 31.5 Å². The van der Waals surface area contributed by atoms with E-state index in [4.69, 9.17) is 9.15 Å². The zero-order valence-corrected chi connectivity index (χ0v) is 15.5. The van der Waals surface area contributed by atoms with Gasteiger partial charge in [-0.25, -0.2) is 0 Å². The van der Waals surface area contributed by atoms with Crippen LogP contribution in [0.1, 0.15) is 12.8 Å². The predicted molar refractivity (Wildman–Crippen MR) is 98.4 cm³/mol. The highest BCUT2D eigenvalue weighted by atomic mass is 16.5. The third-order valence-corrected chi connectivity index (χ3v) is 5.40. The first kappa shape index (κ1) is 17.2. The fourth-order valence-corrected chi connectivity index (χ4v) is 3.72. The maximum Gasteiger partial charge on any atom is 0.318 e. The van der Waals surface area contributed by atoms with Crippen LogP contribution in [-0.2, 0) is 0 Å². The molecule has 8 heteroatoms. The second-order valence-corrected chi connectivity index (χ2v) is 7.06. The van der Waals surface area contributed by atoms with Gasteiger partial charge in [0.25, 0.3) is 5.89 Å². The number of piperazine rings is 1. The molecule has 140 valence electrons. The summed E-state index contributed by atoms with van der Waals surface area (Å²) in [4.78, 5) is 11.4. The Kier molecular flexibility index (Phi) is 5.03. The number of ether oxygens (including phenoxy) is 1. The summed E-state index contributed by atoms with van der Waals surface area (Å²) in [5, 5.41) is 8.42. The molecule has 4 rings (SSSR count). The molecule has 2 aliphatic rings. The molecular weight excluding hydrogens is 332 g/mol. The van der Waals surface area contributed by atoms with E-state index in [1.165, 1.54) is 26.2 Å². The molecule has 0 spiro atoms. The highest BCUT2D eigenvalue weighted by molar-refractivity contribution is 5.54. The van der Waals surface area contributed by atoms with Crippen molar-refractivity contribution >= 4 is 6.01 Å². The SMILES string of the molecule is COc1cncc(-c2nnc(N3CCC(N4CCN(C)CC4)CC3)o2)c1. The van der Waals surface area contributed by atoms with Crippen molar-refractivity contribution in [2.24, 2.45) is 0 Å². The molecule has 2 fully saturated rings. The lowest BCUT2D eigenvalue weighted by molar-refractivity contribution is 0.0976. The van der Waals surface area contributed by atoms with Crippen LogP contribution in [0.3, 0.4) is 0 Å². The van der Waals surface area contributed by atoms with Crippen LogP contribution in [0.5, 0.6) is 5.75 Å². The quantitative estimate of drug-likeness (QED) is 0.811. The monoisotopic (exact) mass is 358 g/mol. The molecule has 0 atom stereocenters. The van der Waals surface area contributed by atoms with E-state index in [9.17, 15) is 0 Å². The summed E-state index contributed by atoms with van der Waals surface area (Å²) in [5.74, 6) is 1.16. The molecule has 0 bridgehead atoms. The molecule has 8 nitrogen and oxygen atoms in total. The average molecular weight is 358 g/mol. The molecule has 0 aliphatic carbocycles. The van der Waals surface area contributed by atoms with E-state index in [0.29, 0.717) is 23.7 Å². The maximum atomic E-state index is 5.89. The Balaban J connectivity index is 1.37. The zero-order chi connectivity index (χ0) is 17.9. The summed E-state index contributed by atoms with van der Waals surface area (Å²) in [6.07, 6.45) is 5.65. The first-order valence-corrected chi connectivity index (χ1v) is 9.23. The molecule has 2 aromatic heterocycles. The molecule has 26 heavy (non-hydrogen) atoms. The smallest absolute Gasteiger partial charge is 0.318 e. The van der Waals surface area contributed by atoms with Gasteiger partial charge in [0, 0.05) is 51.5 Å². The molecule has 0 radical (unpaired) electrons. The normalized spacial score (nSPS) is 20.5. The molecule has 0 aromatic carbocycles. The van der Waals surface area contributed by atoms with Crippen LogP contribution in [-0.4, -0.2) is 84.4 Å². The van der Waals surface area contributed by atoms with Crippen molar-refractivity contribution in [2.75, 3.05) is 58.3 Å².